The van der Waals surface area contributed by atoms with Crippen molar-refractivity contribution in [2.24, 2.45) is 0 Å². The minimum absolute atomic E-state index is 0.190. The van der Waals surface area contributed by atoms with Gasteiger partial charge in [-0.1, -0.05) is 41.9 Å². The summed E-state index contributed by atoms with van der Waals surface area (Å²) in [6.07, 6.45) is 2.13. The second-order valence-corrected chi connectivity index (χ2v) is 7.07. The topological polar surface area (TPSA) is 94.2 Å². The van der Waals surface area contributed by atoms with Crippen LogP contribution in [0.1, 0.15) is 22.8 Å². The molecule has 2 amide bonds. The Morgan fingerprint density at radius 1 is 1.11 bits per heavy atom. The number of aliphatic hydroxyl groups excluding tert-OH is 1. The monoisotopic (exact) mass is 399 g/mol. The highest BCUT2D eigenvalue weighted by Crippen LogP contribution is 2.20. The number of rotatable bonds is 7. The molecule has 0 bridgehead atoms. The smallest absolute Gasteiger partial charge is 0.253 e. The third-order valence-electron chi connectivity index (χ3n) is 4.50. The highest BCUT2D eigenvalue weighted by Gasteiger charge is 2.25. The first-order valence-corrected chi connectivity index (χ1v) is 9.39. The second kappa shape index (κ2) is 8.91. The normalized spacial score (nSPS) is 13.1. The van der Waals surface area contributed by atoms with E-state index in [4.69, 9.17) is 11.6 Å². The van der Waals surface area contributed by atoms with E-state index in [2.05, 4.69) is 15.6 Å². The summed E-state index contributed by atoms with van der Waals surface area (Å²) in [5.41, 5.74) is 2.17. The zero-order chi connectivity index (χ0) is 20.1. The van der Waals surface area contributed by atoms with Gasteiger partial charge in [-0.05, 0) is 30.7 Å². The molecule has 0 spiro atoms. The van der Waals surface area contributed by atoms with Gasteiger partial charge in [0.15, 0.2) is 0 Å². The fourth-order valence-corrected chi connectivity index (χ4v) is 3.22. The summed E-state index contributed by atoms with van der Waals surface area (Å²) in [5, 5.41) is 16.0. The SMILES string of the molecule is CC(CO)NC(=O)C(Cc1c[nH]c2ccccc12)NC(=O)c1ccccc1Cl. The molecule has 2 aromatic carbocycles. The maximum Gasteiger partial charge on any atom is 0.253 e. The molecule has 146 valence electrons. The van der Waals surface area contributed by atoms with Crippen molar-refractivity contribution >= 4 is 34.3 Å². The van der Waals surface area contributed by atoms with Crippen LogP contribution in [0.3, 0.4) is 0 Å². The van der Waals surface area contributed by atoms with E-state index in [1.807, 2.05) is 30.5 Å². The first-order chi connectivity index (χ1) is 13.5. The number of carbonyl (C=O) groups excluding carboxylic acids is 2. The number of benzene rings is 2. The van der Waals surface area contributed by atoms with Gasteiger partial charge in [-0.15, -0.1) is 0 Å². The number of aromatic amines is 1. The fourth-order valence-electron chi connectivity index (χ4n) is 3.00. The summed E-state index contributed by atoms with van der Waals surface area (Å²) >= 11 is 6.11. The molecule has 2 atom stereocenters. The number of hydrogen-bond donors (Lipinski definition) is 4. The van der Waals surface area contributed by atoms with E-state index in [1.165, 1.54) is 0 Å². The van der Waals surface area contributed by atoms with E-state index in [1.54, 1.807) is 31.2 Å². The third-order valence-corrected chi connectivity index (χ3v) is 4.83. The van der Waals surface area contributed by atoms with E-state index in [9.17, 15) is 14.7 Å². The molecule has 1 aromatic heterocycles. The highest BCUT2D eigenvalue weighted by molar-refractivity contribution is 6.33. The molecule has 0 fully saturated rings. The van der Waals surface area contributed by atoms with Crippen LogP contribution >= 0.6 is 11.6 Å². The molecular formula is C21H22ClN3O3. The molecule has 0 aliphatic heterocycles. The standard InChI is InChI=1S/C21H22ClN3O3/c1-13(12-26)24-21(28)19(25-20(27)16-7-2-4-8-17(16)22)10-14-11-23-18-9-5-3-6-15(14)18/h2-9,11,13,19,23,26H,10,12H2,1H3,(H,24,28)(H,25,27). The Balaban J connectivity index is 1.85. The molecule has 28 heavy (non-hydrogen) atoms. The lowest BCUT2D eigenvalue weighted by molar-refractivity contribution is -0.123. The zero-order valence-electron chi connectivity index (χ0n) is 15.4. The number of halogens is 1. The van der Waals surface area contributed by atoms with Crippen molar-refractivity contribution in [3.63, 3.8) is 0 Å². The van der Waals surface area contributed by atoms with Crippen molar-refractivity contribution in [2.45, 2.75) is 25.4 Å². The van der Waals surface area contributed by atoms with Crippen LogP contribution in [-0.2, 0) is 11.2 Å². The number of para-hydroxylation sites is 1. The molecule has 0 aliphatic carbocycles. The van der Waals surface area contributed by atoms with Gasteiger partial charge in [-0.3, -0.25) is 9.59 Å². The summed E-state index contributed by atoms with van der Waals surface area (Å²) in [4.78, 5) is 28.6. The molecular weight excluding hydrogens is 378 g/mol. The van der Waals surface area contributed by atoms with Gasteiger partial charge in [0, 0.05) is 29.6 Å². The Morgan fingerprint density at radius 2 is 1.82 bits per heavy atom. The van der Waals surface area contributed by atoms with E-state index < -0.39 is 18.0 Å². The number of fused-ring (bicyclic) bond motifs is 1. The van der Waals surface area contributed by atoms with Crippen molar-refractivity contribution in [3.8, 4) is 0 Å². The predicted octanol–water partition coefficient (Wildman–Crippen LogP) is 2.66. The summed E-state index contributed by atoms with van der Waals surface area (Å²) < 4.78 is 0. The van der Waals surface area contributed by atoms with Crippen LogP contribution in [0, 0.1) is 0 Å². The van der Waals surface area contributed by atoms with Gasteiger partial charge < -0.3 is 20.7 Å². The molecule has 4 N–H and O–H groups in total. The van der Waals surface area contributed by atoms with Crippen LogP contribution in [0.2, 0.25) is 5.02 Å². The number of carbonyl (C=O) groups is 2. The van der Waals surface area contributed by atoms with Crippen molar-refractivity contribution in [1.82, 2.24) is 15.6 Å². The average molecular weight is 400 g/mol. The van der Waals surface area contributed by atoms with Crippen molar-refractivity contribution in [3.05, 3.63) is 70.9 Å². The van der Waals surface area contributed by atoms with E-state index in [0.29, 0.717) is 17.0 Å². The van der Waals surface area contributed by atoms with Crippen LogP contribution < -0.4 is 10.6 Å². The molecule has 1 heterocycles. The molecule has 6 nitrogen and oxygen atoms in total. The van der Waals surface area contributed by atoms with Crippen LogP contribution in [0.4, 0.5) is 0 Å². The average Bonchev–Trinajstić information content (AvgIpc) is 3.10. The third kappa shape index (κ3) is 4.52. The number of hydrogen-bond acceptors (Lipinski definition) is 3. The number of amides is 2. The van der Waals surface area contributed by atoms with Gasteiger partial charge in [0.1, 0.15) is 6.04 Å². The van der Waals surface area contributed by atoms with Crippen LogP contribution in [0.5, 0.6) is 0 Å². The fraction of sp³-hybridized carbons (Fsp3) is 0.238. The minimum atomic E-state index is -0.822. The number of aromatic nitrogens is 1. The molecule has 2 unspecified atom stereocenters. The van der Waals surface area contributed by atoms with Crippen molar-refractivity contribution < 1.29 is 14.7 Å². The van der Waals surface area contributed by atoms with Crippen LogP contribution in [0.15, 0.2) is 54.7 Å². The van der Waals surface area contributed by atoms with Gasteiger partial charge in [-0.25, -0.2) is 0 Å². The Hall–Kier alpha value is -2.83. The second-order valence-electron chi connectivity index (χ2n) is 6.66. The lowest BCUT2D eigenvalue weighted by Gasteiger charge is -2.21. The molecule has 0 saturated heterocycles. The van der Waals surface area contributed by atoms with Crippen molar-refractivity contribution in [2.75, 3.05) is 6.61 Å². The van der Waals surface area contributed by atoms with Crippen LogP contribution in [0.25, 0.3) is 10.9 Å². The molecule has 0 radical (unpaired) electrons. The summed E-state index contributed by atoms with van der Waals surface area (Å²) in [6, 6.07) is 13.2. The van der Waals surface area contributed by atoms with E-state index in [-0.39, 0.29) is 12.5 Å². The Morgan fingerprint density at radius 3 is 2.57 bits per heavy atom. The molecule has 7 heteroatoms. The van der Waals surface area contributed by atoms with Crippen LogP contribution in [-0.4, -0.2) is 40.6 Å². The van der Waals surface area contributed by atoms with Gasteiger partial charge in [0.05, 0.1) is 17.2 Å². The van der Waals surface area contributed by atoms with Gasteiger partial charge in [0.2, 0.25) is 5.91 Å². The first-order valence-electron chi connectivity index (χ1n) is 9.01. The largest absolute Gasteiger partial charge is 0.394 e. The van der Waals surface area contributed by atoms with Crippen molar-refractivity contribution in [1.29, 1.82) is 0 Å². The molecule has 3 rings (SSSR count). The zero-order valence-corrected chi connectivity index (χ0v) is 16.2. The Kier molecular flexibility index (Phi) is 6.34. The number of nitrogens with one attached hydrogen (secondary N) is 3. The first kappa shape index (κ1) is 19.9. The molecule has 0 saturated carbocycles. The minimum Gasteiger partial charge on any atom is -0.394 e. The lowest BCUT2D eigenvalue weighted by atomic mass is 10.0. The Bertz CT molecular complexity index is 986. The summed E-state index contributed by atoms with van der Waals surface area (Å²) in [6.45, 7) is 1.50. The number of H-pyrrole nitrogens is 1. The maximum atomic E-state index is 12.7. The molecule has 0 aliphatic rings. The predicted molar refractivity (Wildman–Crippen MR) is 109 cm³/mol. The summed E-state index contributed by atoms with van der Waals surface area (Å²) in [5.74, 6) is -0.797. The van der Waals surface area contributed by atoms with Gasteiger partial charge >= 0.3 is 0 Å². The number of aliphatic hydroxyl groups is 1. The lowest BCUT2D eigenvalue weighted by Crippen LogP contribution is -2.50. The van der Waals surface area contributed by atoms with Gasteiger partial charge in [-0.2, -0.15) is 0 Å². The molecule has 3 aromatic rings. The maximum absolute atomic E-state index is 12.7. The highest BCUT2D eigenvalue weighted by atomic mass is 35.5. The van der Waals surface area contributed by atoms with Gasteiger partial charge in [0.25, 0.3) is 5.91 Å². The van der Waals surface area contributed by atoms with E-state index in [0.717, 1.165) is 16.5 Å². The quantitative estimate of drug-likeness (QED) is 0.492. The van der Waals surface area contributed by atoms with E-state index >= 15 is 0 Å². The Labute approximate surface area is 167 Å². The summed E-state index contributed by atoms with van der Waals surface area (Å²) in [7, 11) is 0.